The highest BCUT2D eigenvalue weighted by Crippen LogP contribution is 2.19. The van der Waals surface area contributed by atoms with E-state index in [0.29, 0.717) is 17.8 Å². The van der Waals surface area contributed by atoms with Gasteiger partial charge in [0.15, 0.2) is 0 Å². The number of nitrogens with one attached hydrogen (secondary N) is 3. The van der Waals surface area contributed by atoms with Gasteiger partial charge in [0.05, 0.1) is 10.6 Å². The Morgan fingerprint density at radius 3 is 2.24 bits per heavy atom. The lowest BCUT2D eigenvalue weighted by atomic mass is 10.2. The SMILES string of the molecule is O=C(NCCCN(C(=O)Nc1ccccc1F)c1ccc(F)cc1)Nc1ccc([N+](=O)[O-])cc1. The van der Waals surface area contributed by atoms with E-state index in [1.165, 1.54) is 71.6 Å². The second-order valence-electron chi connectivity index (χ2n) is 7.08. The molecule has 0 bridgehead atoms. The molecule has 34 heavy (non-hydrogen) atoms. The molecule has 0 radical (unpaired) electrons. The summed E-state index contributed by atoms with van der Waals surface area (Å²) in [5.41, 5.74) is 0.673. The van der Waals surface area contributed by atoms with Crippen molar-refractivity contribution < 1.29 is 23.3 Å². The first-order chi connectivity index (χ1) is 16.3. The van der Waals surface area contributed by atoms with E-state index in [1.807, 2.05) is 0 Å². The molecular weight excluding hydrogens is 448 g/mol. The summed E-state index contributed by atoms with van der Waals surface area (Å²) in [4.78, 5) is 36.3. The van der Waals surface area contributed by atoms with Crippen LogP contribution in [0.5, 0.6) is 0 Å². The van der Waals surface area contributed by atoms with E-state index in [2.05, 4.69) is 16.0 Å². The molecule has 0 aliphatic rings. The van der Waals surface area contributed by atoms with Crippen LogP contribution < -0.4 is 20.9 Å². The van der Waals surface area contributed by atoms with Gasteiger partial charge in [-0.3, -0.25) is 15.0 Å². The van der Waals surface area contributed by atoms with Crippen LogP contribution in [0.2, 0.25) is 0 Å². The maximum Gasteiger partial charge on any atom is 0.326 e. The average Bonchev–Trinajstić information content (AvgIpc) is 2.81. The highest BCUT2D eigenvalue weighted by atomic mass is 19.1. The molecule has 3 aromatic rings. The third-order valence-electron chi connectivity index (χ3n) is 4.68. The van der Waals surface area contributed by atoms with Crippen LogP contribution >= 0.6 is 0 Å². The molecule has 0 saturated heterocycles. The number of para-hydroxylation sites is 1. The van der Waals surface area contributed by atoms with Gasteiger partial charge in [0.25, 0.3) is 5.69 Å². The molecule has 4 amide bonds. The number of nitro groups is 1. The monoisotopic (exact) mass is 469 g/mol. The van der Waals surface area contributed by atoms with E-state index in [4.69, 9.17) is 0 Å². The zero-order valence-corrected chi connectivity index (χ0v) is 17.8. The van der Waals surface area contributed by atoms with Gasteiger partial charge in [-0.15, -0.1) is 0 Å². The number of rotatable bonds is 8. The molecule has 0 heterocycles. The van der Waals surface area contributed by atoms with Gasteiger partial charge in [-0.05, 0) is 55.0 Å². The summed E-state index contributed by atoms with van der Waals surface area (Å²) in [6.07, 6.45) is 0.329. The number of halogens is 2. The van der Waals surface area contributed by atoms with Gasteiger partial charge >= 0.3 is 12.1 Å². The number of urea groups is 2. The van der Waals surface area contributed by atoms with Crippen molar-refractivity contribution >= 4 is 34.8 Å². The summed E-state index contributed by atoms with van der Waals surface area (Å²) in [6.45, 7) is 0.327. The Labute approximate surface area is 193 Å². The third kappa shape index (κ3) is 6.73. The number of anilines is 3. The molecule has 0 atom stereocenters. The van der Waals surface area contributed by atoms with E-state index in [9.17, 15) is 28.5 Å². The fourth-order valence-corrected chi connectivity index (χ4v) is 3.00. The van der Waals surface area contributed by atoms with Gasteiger partial charge in [0.2, 0.25) is 0 Å². The van der Waals surface area contributed by atoms with Crippen LogP contribution in [0, 0.1) is 21.7 Å². The standard InChI is InChI=1S/C23H21F2N5O4/c24-16-6-10-18(11-7-16)29(23(32)28-21-5-2-1-4-20(21)25)15-3-14-26-22(31)27-17-8-12-19(13-9-17)30(33)34/h1-2,4-13H,3,14-15H2,(H,28,32)(H2,26,27,31). The summed E-state index contributed by atoms with van der Waals surface area (Å²) in [5.74, 6) is -1.07. The number of hydrogen-bond acceptors (Lipinski definition) is 4. The van der Waals surface area contributed by atoms with E-state index in [1.54, 1.807) is 6.07 Å². The predicted octanol–water partition coefficient (Wildman–Crippen LogP) is 5.12. The molecule has 0 saturated carbocycles. The van der Waals surface area contributed by atoms with Crippen molar-refractivity contribution in [1.82, 2.24) is 5.32 Å². The fourth-order valence-electron chi connectivity index (χ4n) is 3.00. The van der Waals surface area contributed by atoms with Gasteiger partial charge in [0.1, 0.15) is 11.6 Å². The Hall–Kier alpha value is -4.54. The highest BCUT2D eigenvalue weighted by molar-refractivity contribution is 6.01. The molecule has 3 N–H and O–H groups in total. The summed E-state index contributed by atoms with van der Waals surface area (Å²) in [6, 6.07) is 15.1. The first-order valence-electron chi connectivity index (χ1n) is 10.2. The van der Waals surface area contributed by atoms with Crippen molar-refractivity contribution in [2.24, 2.45) is 0 Å². The van der Waals surface area contributed by atoms with Crippen molar-refractivity contribution in [2.45, 2.75) is 6.42 Å². The number of non-ortho nitro benzene ring substituents is 1. The van der Waals surface area contributed by atoms with Crippen molar-refractivity contribution in [3.05, 3.63) is 94.5 Å². The Balaban J connectivity index is 1.56. The lowest BCUT2D eigenvalue weighted by molar-refractivity contribution is -0.384. The van der Waals surface area contributed by atoms with Crippen LogP contribution in [0.15, 0.2) is 72.8 Å². The van der Waals surface area contributed by atoms with Crippen LogP contribution in [0.25, 0.3) is 0 Å². The Morgan fingerprint density at radius 1 is 0.912 bits per heavy atom. The maximum atomic E-state index is 13.9. The number of nitro benzene ring substituents is 1. The smallest absolute Gasteiger partial charge is 0.326 e. The molecule has 0 fully saturated rings. The van der Waals surface area contributed by atoms with E-state index >= 15 is 0 Å². The minimum absolute atomic E-state index is 0.000197. The molecule has 176 valence electrons. The van der Waals surface area contributed by atoms with Crippen LogP contribution in [0.4, 0.5) is 41.1 Å². The van der Waals surface area contributed by atoms with E-state index in [0.717, 1.165) is 0 Å². The van der Waals surface area contributed by atoms with Crippen LogP contribution in [-0.4, -0.2) is 30.1 Å². The molecule has 0 aliphatic carbocycles. The Morgan fingerprint density at radius 2 is 1.59 bits per heavy atom. The molecular formula is C23H21F2N5O4. The predicted molar refractivity (Wildman–Crippen MR) is 124 cm³/mol. The number of amides is 4. The summed E-state index contributed by atoms with van der Waals surface area (Å²) in [5, 5.41) is 18.3. The van der Waals surface area contributed by atoms with Crippen molar-refractivity contribution in [3.8, 4) is 0 Å². The number of carbonyl (C=O) groups excluding carboxylic acids is 2. The van der Waals surface area contributed by atoms with Crippen LogP contribution in [-0.2, 0) is 0 Å². The van der Waals surface area contributed by atoms with Gasteiger partial charge < -0.3 is 16.0 Å². The number of hydrogen-bond donors (Lipinski definition) is 3. The quantitative estimate of drug-likeness (QED) is 0.241. The van der Waals surface area contributed by atoms with Crippen LogP contribution in [0.1, 0.15) is 6.42 Å². The maximum absolute atomic E-state index is 13.9. The lowest BCUT2D eigenvalue weighted by Crippen LogP contribution is -2.38. The second-order valence-corrected chi connectivity index (χ2v) is 7.08. The van der Waals surface area contributed by atoms with Gasteiger partial charge in [-0.1, -0.05) is 12.1 Å². The minimum Gasteiger partial charge on any atom is -0.338 e. The zero-order valence-electron chi connectivity index (χ0n) is 17.8. The highest BCUT2D eigenvalue weighted by Gasteiger charge is 2.17. The van der Waals surface area contributed by atoms with Crippen molar-refractivity contribution in [2.75, 3.05) is 28.6 Å². The van der Waals surface area contributed by atoms with Gasteiger partial charge in [-0.2, -0.15) is 0 Å². The van der Waals surface area contributed by atoms with Crippen LogP contribution in [0.3, 0.4) is 0 Å². The molecule has 0 aromatic heterocycles. The van der Waals surface area contributed by atoms with E-state index in [-0.39, 0.29) is 24.5 Å². The first kappa shape index (κ1) is 24.1. The normalized spacial score (nSPS) is 10.3. The molecule has 9 nitrogen and oxygen atoms in total. The fraction of sp³-hybridized carbons (Fsp3) is 0.130. The summed E-state index contributed by atoms with van der Waals surface area (Å²) in [7, 11) is 0. The molecule has 3 aromatic carbocycles. The molecule has 3 rings (SSSR count). The lowest BCUT2D eigenvalue weighted by Gasteiger charge is -2.23. The zero-order chi connectivity index (χ0) is 24.5. The summed E-state index contributed by atoms with van der Waals surface area (Å²) >= 11 is 0. The topological polar surface area (TPSA) is 117 Å². The molecule has 11 heteroatoms. The second kappa shape index (κ2) is 11.4. The summed E-state index contributed by atoms with van der Waals surface area (Å²) < 4.78 is 27.3. The molecule has 0 unspecified atom stereocenters. The third-order valence-corrected chi connectivity index (χ3v) is 4.68. The van der Waals surface area contributed by atoms with Crippen molar-refractivity contribution in [3.63, 3.8) is 0 Å². The Bertz CT molecular complexity index is 1160. The van der Waals surface area contributed by atoms with Gasteiger partial charge in [0, 0.05) is 36.6 Å². The number of benzene rings is 3. The van der Waals surface area contributed by atoms with Crippen molar-refractivity contribution in [1.29, 1.82) is 0 Å². The number of nitrogens with zero attached hydrogens (tertiary/aromatic N) is 2. The largest absolute Gasteiger partial charge is 0.338 e. The number of carbonyl (C=O) groups is 2. The average molecular weight is 469 g/mol. The Kier molecular flexibility index (Phi) is 8.06. The minimum atomic E-state index is -0.618. The van der Waals surface area contributed by atoms with Gasteiger partial charge in [-0.25, -0.2) is 18.4 Å². The molecule has 0 aliphatic heterocycles. The first-order valence-corrected chi connectivity index (χ1v) is 10.2. The molecule has 0 spiro atoms. The van der Waals surface area contributed by atoms with E-state index < -0.39 is 28.6 Å².